The second-order valence-corrected chi connectivity index (χ2v) is 6.66. The van der Waals surface area contributed by atoms with Gasteiger partial charge in [-0.05, 0) is 6.92 Å². The minimum atomic E-state index is -3.61. The number of hydrogen-bond donors (Lipinski definition) is 1. The number of ether oxygens (including phenoxy) is 1. The van der Waals surface area contributed by atoms with Crippen LogP contribution in [0.4, 0.5) is 0 Å². The molecule has 9 heteroatoms. The molecule has 0 saturated heterocycles. The summed E-state index contributed by atoms with van der Waals surface area (Å²) in [4.78, 5) is 15.1. The van der Waals surface area contributed by atoms with Crippen LogP contribution in [0.1, 0.15) is 17.1 Å². The van der Waals surface area contributed by atoms with Gasteiger partial charge in [-0.3, -0.25) is 4.79 Å². The predicted molar refractivity (Wildman–Crippen MR) is 71.9 cm³/mol. The zero-order valence-electron chi connectivity index (χ0n) is 11.0. The SMILES string of the molecule is COC(=O)CCN(C)S(=O)(=O)NCc1nc(C)cs1. The molecule has 0 aromatic carbocycles. The molecular weight excluding hydrogens is 290 g/mol. The van der Waals surface area contributed by atoms with Crippen molar-refractivity contribution in [1.29, 1.82) is 0 Å². The molecule has 0 unspecified atom stereocenters. The molecule has 0 radical (unpaired) electrons. The summed E-state index contributed by atoms with van der Waals surface area (Å²) in [6.45, 7) is 2.05. The number of nitrogens with zero attached hydrogens (tertiary/aromatic N) is 2. The maximum atomic E-state index is 11.9. The van der Waals surface area contributed by atoms with Crippen molar-refractivity contribution < 1.29 is 17.9 Å². The highest BCUT2D eigenvalue weighted by molar-refractivity contribution is 7.87. The number of aromatic nitrogens is 1. The van der Waals surface area contributed by atoms with Crippen LogP contribution >= 0.6 is 11.3 Å². The van der Waals surface area contributed by atoms with Crippen LogP contribution in [0.2, 0.25) is 0 Å². The third-order valence-electron chi connectivity index (χ3n) is 2.34. The summed E-state index contributed by atoms with van der Waals surface area (Å²) < 4.78 is 31.7. The van der Waals surface area contributed by atoms with Crippen LogP contribution in [0, 0.1) is 6.92 Å². The summed E-state index contributed by atoms with van der Waals surface area (Å²) in [7, 11) is -0.946. The van der Waals surface area contributed by atoms with Gasteiger partial charge >= 0.3 is 5.97 Å². The molecule has 0 saturated carbocycles. The summed E-state index contributed by atoms with van der Waals surface area (Å²) in [5.74, 6) is -0.447. The Morgan fingerprint density at radius 2 is 2.26 bits per heavy atom. The Hall–Kier alpha value is -1.03. The van der Waals surface area contributed by atoms with E-state index >= 15 is 0 Å². The Labute approximate surface area is 116 Å². The fourth-order valence-corrected chi connectivity index (χ4v) is 2.89. The first-order valence-corrected chi connectivity index (χ1v) is 7.86. The van der Waals surface area contributed by atoms with Crippen LogP contribution in [0.25, 0.3) is 0 Å². The zero-order valence-corrected chi connectivity index (χ0v) is 12.7. The Bertz CT molecular complexity index is 527. The highest BCUT2D eigenvalue weighted by Gasteiger charge is 2.18. The first kappa shape index (κ1) is 16.0. The standard InChI is InChI=1S/C10H17N3O4S2/c1-8-7-18-9(12-8)6-11-19(15,16)13(2)5-4-10(14)17-3/h7,11H,4-6H2,1-3H3. The average molecular weight is 307 g/mol. The molecule has 0 bridgehead atoms. The van der Waals surface area contributed by atoms with Gasteiger partial charge in [-0.1, -0.05) is 0 Å². The van der Waals surface area contributed by atoms with E-state index in [-0.39, 0.29) is 19.5 Å². The minimum absolute atomic E-state index is 0.0181. The van der Waals surface area contributed by atoms with Crippen LogP contribution in [-0.2, 0) is 26.3 Å². The summed E-state index contributed by atoms with van der Waals surface area (Å²) in [5.41, 5.74) is 0.859. The molecule has 0 amide bonds. The topological polar surface area (TPSA) is 88.6 Å². The predicted octanol–water partition coefficient (Wildman–Crippen LogP) is 0.281. The lowest BCUT2D eigenvalue weighted by Crippen LogP contribution is -2.38. The van der Waals surface area contributed by atoms with Crippen molar-refractivity contribution in [2.75, 3.05) is 20.7 Å². The molecular formula is C10H17N3O4S2. The third kappa shape index (κ3) is 5.23. The molecule has 7 nitrogen and oxygen atoms in total. The molecule has 1 rings (SSSR count). The van der Waals surface area contributed by atoms with E-state index < -0.39 is 16.2 Å². The van der Waals surface area contributed by atoms with E-state index in [0.717, 1.165) is 10.00 Å². The van der Waals surface area contributed by atoms with E-state index in [1.54, 1.807) is 0 Å². The van der Waals surface area contributed by atoms with Crippen LogP contribution in [-0.4, -0.2) is 44.4 Å². The van der Waals surface area contributed by atoms with E-state index in [1.165, 1.54) is 25.5 Å². The number of esters is 1. The molecule has 0 fully saturated rings. The lowest BCUT2D eigenvalue weighted by Gasteiger charge is -2.16. The van der Waals surface area contributed by atoms with Crippen molar-refractivity contribution in [2.24, 2.45) is 0 Å². The van der Waals surface area contributed by atoms with Crippen molar-refractivity contribution in [2.45, 2.75) is 19.9 Å². The molecule has 1 aromatic rings. The van der Waals surface area contributed by atoms with Gasteiger partial charge in [-0.2, -0.15) is 17.4 Å². The molecule has 0 aliphatic carbocycles. The minimum Gasteiger partial charge on any atom is -0.469 e. The first-order valence-electron chi connectivity index (χ1n) is 5.54. The van der Waals surface area contributed by atoms with E-state index in [1.807, 2.05) is 12.3 Å². The van der Waals surface area contributed by atoms with E-state index in [0.29, 0.717) is 5.01 Å². The number of hydrogen-bond acceptors (Lipinski definition) is 6. The van der Waals surface area contributed by atoms with Crippen LogP contribution in [0.3, 0.4) is 0 Å². The number of carbonyl (C=O) groups excluding carboxylic acids is 1. The Morgan fingerprint density at radius 3 is 2.79 bits per heavy atom. The van der Waals surface area contributed by atoms with Gasteiger partial charge in [0, 0.05) is 24.7 Å². The molecule has 19 heavy (non-hydrogen) atoms. The van der Waals surface area contributed by atoms with Crippen molar-refractivity contribution >= 4 is 27.5 Å². The number of methoxy groups -OCH3 is 1. The van der Waals surface area contributed by atoms with Crippen molar-refractivity contribution in [1.82, 2.24) is 14.0 Å². The number of aryl methyl sites for hydroxylation is 1. The van der Waals surface area contributed by atoms with E-state index in [9.17, 15) is 13.2 Å². The van der Waals surface area contributed by atoms with Gasteiger partial charge in [0.25, 0.3) is 10.2 Å². The second kappa shape index (κ2) is 6.94. The highest BCUT2D eigenvalue weighted by Crippen LogP contribution is 2.09. The maximum absolute atomic E-state index is 11.9. The van der Waals surface area contributed by atoms with Gasteiger partial charge in [-0.15, -0.1) is 11.3 Å². The molecule has 0 aliphatic heterocycles. The Kier molecular flexibility index (Phi) is 5.85. The average Bonchev–Trinajstić information content (AvgIpc) is 2.79. The third-order valence-corrected chi connectivity index (χ3v) is 4.82. The molecule has 0 spiro atoms. The van der Waals surface area contributed by atoms with Crippen molar-refractivity contribution in [3.63, 3.8) is 0 Å². The fraction of sp³-hybridized carbons (Fsp3) is 0.600. The van der Waals surface area contributed by atoms with Gasteiger partial charge in [-0.25, -0.2) is 4.98 Å². The number of rotatable bonds is 7. The van der Waals surface area contributed by atoms with Gasteiger partial charge in [0.2, 0.25) is 0 Å². The second-order valence-electron chi connectivity index (χ2n) is 3.86. The summed E-state index contributed by atoms with van der Waals surface area (Å²) >= 11 is 1.39. The lowest BCUT2D eigenvalue weighted by molar-refractivity contribution is -0.140. The molecule has 1 heterocycles. The number of carbonyl (C=O) groups is 1. The Balaban J connectivity index is 2.48. The van der Waals surface area contributed by atoms with Crippen LogP contribution < -0.4 is 4.72 Å². The Morgan fingerprint density at radius 1 is 1.58 bits per heavy atom. The van der Waals surface area contributed by atoms with Crippen LogP contribution in [0.5, 0.6) is 0 Å². The van der Waals surface area contributed by atoms with Crippen molar-refractivity contribution in [3.05, 3.63) is 16.1 Å². The fourth-order valence-electron chi connectivity index (χ4n) is 1.22. The summed E-state index contributed by atoms with van der Waals surface area (Å²) in [6.07, 6.45) is 0.0181. The summed E-state index contributed by atoms with van der Waals surface area (Å²) in [5, 5.41) is 2.55. The molecule has 0 atom stereocenters. The molecule has 1 N–H and O–H groups in total. The zero-order chi connectivity index (χ0) is 14.5. The van der Waals surface area contributed by atoms with Gasteiger partial charge in [0.05, 0.1) is 20.1 Å². The maximum Gasteiger partial charge on any atom is 0.306 e. The number of nitrogens with one attached hydrogen (secondary N) is 1. The quantitative estimate of drug-likeness (QED) is 0.731. The van der Waals surface area contributed by atoms with Gasteiger partial charge in [0.15, 0.2) is 0 Å². The molecule has 108 valence electrons. The molecule has 0 aliphatic rings. The normalized spacial score (nSPS) is 11.8. The van der Waals surface area contributed by atoms with E-state index in [4.69, 9.17) is 0 Å². The lowest BCUT2D eigenvalue weighted by atomic mass is 10.4. The largest absolute Gasteiger partial charge is 0.469 e. The first-order chi connectivity index (χ1) is 8.85. The van der Waals surface area contributed by atoms with E-state index in [2.05, 4.69) is 14.4 Å². The van der Waals surface area contributed by atoms with Gasteiger partial charge < -0.3 is 4.74 Å². The summed E-state index contributed by atoms with van der Waals surface area (Å²) in [6, 6.07) is 0. The number of thiazole rings is 1. The smallest absolute Gasteiger partial charge is 0.306 e. The van der Waals surface area contributed by atoms with Gasteiger partial charge in [0.1, 0.15) is 5.01 Å². The van der Waals surface area contributed by atoms with Crippen molar-refractivity contribution in [3.8, 4) is 0 Å². The molecule has 1 aromatic heterocycles. The monoisotopic (exact) mass is 307 g/mol. The highest BCUT2D eigenvalue weighted by atomic mass is 32.2. The van der Waals surface area contributed by atoms with Crippen LogP contribution in [0.15, 0.2) is 5.38 Å².